The highest BCUT2D eigenvalue weighted by Crippen LogP contribution is 2.39. The van der Waals surface area contributed by atoms with Crippen LogP contribution in [0.3, 0.4) is 0 Å². The number of esters is 2. The third-order valence-electron chi connectivity index (χ3n) is 3.34. The Bertz CT molecular complexity index is 735. The maximum absolute atomic E-state index is 13.7. The monoisotopic (exact) mass is 363 g/mol. The van der Waals surface area contributed by atoms with Crippen LogP contribution in [-0.4, -0.2) is 60.7 Å². The smallest absolute Gasteiger partial charge is 0.355 e. The van der Waals surface area contributed by atoms with Gasteiger partial charge in [-0.3, -0.25) is 14.5 Å². The molecule has 0 bridgehead atoms. The lowest BCUT2D eigenvalue weighted by atomic mass is 10.1. The van der Waals surface area contributed by atoms with Gasteiger partial charge in [0.15, 0.2) is 15.2 Å². The molecule has 2 atom stereocenters. The zero-order valence-electron chi connectivity index (χ0n) is 13.7. The summed E-state index contributed by atoms with van der Waals surface area (Å²) in [7, 11) is -4.04. The van der Waals surface area contributed by atoms with E-state index in [1.165, 1.54) is 0 Å². The quantitative estimate of drug-likeness (QED) is 0.516. The average molecular weight is 363 g/mol. The Morgan fingerprint density at radius 1 is 1.33 bits per heavy atom. The van der Waals surface area contributed by atoms with Crippen molar-refractivity contribution >= 4 is 27.7 Å². The predicted molar refractivity (Wildman–Crippen MR) is 78.8 cm³/mol. The van der Waals surface area contributed by atoms with Gasteiger partial charge in [-0.25, -0.2) is 17.6 Å². The van der Waals surface area contributed by atoms with Crippen LogP contribution in [0.2, 0.25) is 0 Å². The highest BCUT2D eigenvalue weighted by molar-refractivity contribution is 7.92. The van der Waals surface area contributed by atoms with Crippen LogP contribution in [0.15, 0.2) is 11.3 Å². The Hall–Kier alpha value is -1.97. The number of alkyl halides is 1. The van der Waals surface area contributed by atoms with Crippen molar-refractivity contribution in [2.24, 2.45) is 0 Å². The Morgan fingerprint density at radius 3 is 2.42 bits per heavy atom. The molecule has 1 fully saturated rings. The first-order chi connectivity index (χ1) is 10.8. The van der Waals surface area contributed by atoms with Crippen LogP contribution in [0.5, 0.6) is 0 Å². The summed E-state index contributed by atoms with van der Waals surface area (Å²) in [5.74, 6) is -3.48. The van der Waals surface area contributed by atoms with Crippen LogP contribution in [0.25, 0.3) is 0 Å². The van der Waals surface area contributed by atoms with Gasteiger partial charge in [0.05, 0.1) is 5.75 Å². The molecular weight excluding hydrogens is 345 g/mol. The second-order valence-electron chi connectivity index (χ2n) is 6.54. The van der Waals surface area contributed by atoms with E-state index in [9.17, 15) is 27.2 Å². The summed E-state index contributed by atoms with van der Waals surface area (Å²) >= 11 is 0. The second-order valence-corrected chi connectivity index (χ2v) is 8.64. The zero-order valence-corrected chi connectivity index (χ0v) is 14.5. The lowest BCUT2D eigenvalue weighted by molar-refractivity contribution is -0.161. The standard InChI is InChI=1S/C14H18FNO7S/c1-7(17)22-5-8-6-24(20,21)12-9(15)11(18)16(12)10(8)13(19)23-14(2,3)4/h9,12H,5-6H2,1-4H3/t9-,12?/m0/s1. The molecule has 1 amide bonds. The van der Waals surface area contributed by atoms with Crippen molar-refractivity contribution in [3.05, 3.63) is 11.3 Å². The molecule has 8 nitrogen and oxygen atoms in total. The minimum Gasteiger partial charge on any atom is -0.461 e. The van der Waals surface area contributed by atoms with E-state index >= 15 is 0 Å². The summed E-state index contributed by atoms with van der Waals surface area (Å²) in [6.45, 7) is 5.37. The normalized spacial score (nSPS) is 25.7. The number of hydrogen-bond donors (Lipinski definition) is 0. The van der Waals surface area contributed by atoms with Gasteiger partial charge in [0, 0.05) is 12.5 Å². The van der Waals surface area contributed by atoms with E-state index < -0.39 is 57.2 Å². The molecule has 0 saturated carbocycles. The minimum atomic E-state index is -4.04. The summed E-state index contributed by atoms with van der Waals surface area (Å²) in [4.78, 5) is 35.7. The third-order valence-corrected chi connectivity index (χ3v) is 5.28. The molecule has 1 unspecified atom stereocenters. The molecule has 2 heterocycles. The molecule has 2 rings (SSSR count). The van der Waals surface area contributed by atoms with E-state index in [1.807, 2.05) is 0 Å². The fraction of sp³-hybridized carbons (Fsp3) is 0.643. The number of sulfone groups is 1. The van der Waals surface area contributed by atoms with Gasteiger partial charge >= 0.3 is 11.9 Å². The summed E-state index contributed by atoms with van der Waals surface area (Å²) in [5, 5.41) is -1.74. The van der Waals surface area contributed by atoms with Gasteiger partial charge in [-0.2, -0.15) is 0 Å². The first-order valence-corrected chi connectivity index (χ1v) is 8.84. The summed E-state index contributed by atoms with van der Waals surface area (Å²) in [5.41, 5.74) is -1.40. The molecule has 0 aromatic heterocycles. The van der Waals surface area contributed by atoms with Crippen molar-refractivity contribution < 1.29 is 36.7 Å². The van der Waals surface area contributed by atoms with E-state index in [-0.39, 0.29) is 11.3 Å². The highest BCUT2D eigenvalue weighted by atomic mass is 32.2. The SMILES string of the molecule is CC(=O)OCC1=C(C(=O)OC(C)(C)C)N2C(=O)[C@H](F)C2S(=O)(=O)C1. The van der Waals surface area contributed by atoms with Gasteiger partial charge < -0.3 is 9.47 Å². The Kier molecular flexibility index (Phi) is 4.47. The van der Waals surface area contributed by atoms with E-state index in [0.717, 1.165) is 6.92 Å². The van der Waals surface area contributed by atoms with Crippen molar-refractivity contribution in [2.75, 3.05) is 12.4 Å². The fourth-order valence-corrected chi connectivity index (χ4v) is 4.33. The van der Waals surface area contributed by atoms with Crippen LogP contribution in [0.4, 0.5) is 4.39 Å². The average Bonchev–Trinajstić information content (AvgIpc) is 2.40. The molecule has 0 spiro atoms. The lowest BCUT2D eigenvalue weighted by Gasteiger charge is -2.46. The number of ether oxygens (including phenoxy) is 2. The number of carbonyl (C=O) groups excluding carboxylic acids is 3. The van der Waals surface area contributed by atoms with Gasteiger partial charge in [0.2, 0.25) is 6.17 Å². The van der Waals surface area contributed by atoms with Gasteiger partial charge in [0.25, 0.3) is 5.91 Å². The third kappa shape index (κ3) is 3.28. The Labute approximate surface area is 138 Å². The van der Waals surface area contributed by atoms with Gasteiger partial charge in [-0.15, -0.1) is 0 Å². The number of β-lactam (4-membered cyclic amide) rings is 1. The predicted octanol–water partition coefficient (Wildman–Crippen LogP) is 0.0801. The van der Waals surface area contributed by atoms with Gasteiger partial charge in [-0.05, 0) is 20.8 Å². The van der Waals surface area contributed by atoms with Gasteiger partial charge in [0.1, 0.15) is 17.9 Å². The first-order valence-electron chi connectivity index (χ1n) is 7.12. The fourth-order valence-electron chi connectivity index (χ4n) is 2.44. The molecule has 2 aliphatic rings. The van der Waals surface area contributed by atoms with E-state index in [0.29, 0.717) is 4.90 Å². The molecule has 10 heteroatoms. The molecule has 1 saturated heterocycles. The largest absolute Gasteiger partial charge is 0.461 e. The molecule has 0 aromatic rings. The van der Waals surface area contributed by atoms with Crippen LogP contribution < -0.4 is 0 Å². The number of hydrogen-bond acceptors (Lipinski definition) is 7. The number of carbonyl (C=O) groups is 3. The number of fused-ring (bicyclic) bond motifs is 1. The van der Waals surface area contributed by atoms with Crippen LogP contribution >= 0.6 is 0 Å². The molecular formula is C14H18FNO7S. The van der Waals surface area contributed by atoms with Crippen molar-refractivity contribution in [1.82, 2.24) is 4.90 Å². The molecule has 134 valence electrons. The molecule has 0 N–H and O–H groups in total. The number of halogens is 1. The maximum Gasteiger partial charge on any atom is 0.355 e. The van der Waals surface area contributed by atoms with Crippen LogP contribution in [0.1, 0.15) is 27.7 Å². The van der Waals surface area contributed by atoms with Crippen LogP contribution in [0, 0.1) is 0 Å². The lowest BCUT2D eigenvalue weighted by Crippen LogP contribution is -2.68. The maximum atomic E-state index is 13.7. The summed E-state index contributed by atoms with van der Waals surface area (Å²) in [6.07, 6.45) is -2.22. The molecule has 0 aromatic carbocycles. The molecule has 0 radical (unpaired) electrons. The Balaban J connectivity index is 2.48. The Morgan fingerprint density at radius 2 is 1.92 bits per heavy atom. The molecule has 2 aliphatic heterocycles. The number of rotatable bonds is 3. The summed E-state index contributed by atoms with van der Waals surface area (Å²) < 4.78 is 47.9. The number of nitrogens with zero attached hydrogens (tertiary/aromatic N) is 1. The molecule has 24 heavy (non-hydrogen) atoms. The highest BCUT2D eigenvalue weighted by Gasteiger charge is 2.61. The van der Waals surface area contributed by atoms with Crippen LogP contribution in [-0.2, 0) is 33.7 Å². The minimum absolute atomic E-state index is 0.115. The number of amides is 1. The van der Waals surface area contributed by atoms with Crippen molar-refractivity contribution in [1.29, 1.82) is 0 Å². The second kappa shape index (κ2) is 5.83. The van der Waals surface area contributed by atoms with Crippen molar-refractivity contribution in [3.8, 4) is 0 Å². The van der Waals surface area contributed by atoms with Gasteiger partial charge in [-0.1, -0.05) is 0 Å². The van der Waals surface area contributed by atoms with E-state index in [4.69, 9.17) is 9.47 Å². The van der Waals surface area contributed by atoms with E-state index in [2.05, 4.69) is 0 Å². The summed E-state index contributed by atoms with van der Waals surface area (Å²) in [6, 6.07) is 0. The van der Waals surface area contributed by atoms with Crippen molar-refractivity contribution in [3.63, 3.8) is 0 Å². The topological polar surface area (TPSA) is 107 Å². The van der Waals surface area contributed by atoms with E-state index in [1.54, 1.807) is 20.8 Å². The zero-order chi connectivity index (χ0) is 18.4. The first kappa shape index (κ1) is 18.4. The van der Waals surface area contributed by atoms with Crippen molar-refractivity contribution in [2.45, 2.75) is 44.8 Å². The molecule has 0 aliphatic carbocycles.